The molecule has 0 rings (SSSR count). The molecule has 1 atom stereocenters. The van der Waals surface area contributed by atoms with E-state index in [1.54, 1.807) is 0 Å². The lowest BCUT2D eigenvalue weighted by molar-refractivity contribution is 0.225. The van der Waals surface area contributed by atoms with Crippen LogP contribution in [0.15, 0.2) is 0 Å². The molecule has 0 fully saturated rings. The first-order valence-corrected chi connectivity index (χ1v) is 8.93. The summed E-state index contributed by atoms with van der Waals surface area (Å²) < 4.78 is 0. The van der Waals surface area contributed by atoms with Gasteiger partial charge in [0.05, 0.1) is 0 Å². The predicted molar refractivity (Wildman–Crippen MR) is 88.5 cm³/mol. The third-order valence-electron chi connectivity index (χ3n) is 5.03. The van der Waals surface area contributed by atoms with Gasteiger partial charge in [0.1, 0.15) is 0 Å². The van der Waals surface area contributed by atoms with Crippen LogP contribution in [0.3, 0.4) is 0 Å². The van der Waals surface area contributed by atoms with Gasteiger partial charge >= 0.3 is 0 Å². The van der Waals surface area contributed by atoms with Crippen LogP contribution in [0, 0.1) is 5.92 Å². The van der Waals surface area contributed by atoms with Crippen molar-refractivity contribution in [3.8, 4) is 0 Å². The molecule has 0 aliphatic heterocycles. The normalized spacial score (nSPS) is 13.7. The van der Waals surface area contributed by atoms with Crippen molar-refractivity contribution in [1.82, 2.24) is 0 Å². The van der Waals surface area contributed by atoms with Crippen molar-refractivity contribution in [3.63, 3.8) is 0 Å². The highest BCUT2D eigenvalue weighted by Crippen LogP contribution is 2.30. The van der Waals surface area contributed by atoms with Gasteiger partial charge in [-0.2, -0.15) is 0 Å². The molecule has 0 spiro atoms. The summed E-state index contributed by atoms with van der Waals surface area (Å²) >= 11 is 0. The Kier molecular flexibility index (Phi) is 11.7. The van der Waals surface area contributed by atoms with Crippen molar-refractivity contribution >= 4 is 0 Å². The van der Waals surface area contributed by atoms with Crippen molar-refractivity contribution in [3.05, 3.63) is 0 Å². The number of unbranched alkanes of at least 4 members (excludes halogenated alkanes) is 7. The fourth-order valence-electron chi connectivity index (χ4n) is 3.25. The van der Waals surface area contributed by atoms with E-state index in [1.165, 1.54) is 64.2 Å². The molecule has 0 heterocycles. The van der Waals surface area contributed by atoms with Crippen molar-refractivity contribution in [1.29, 1.82) is 0 Å². The van der Waals surface area contributed by atoms with Gasteiger partial charge in [0.25, 0.3) is 0 Å². The number of rotatable bonds is 13. The molecule has 0 radical (unpaired) electrons. The molecule has 0 amide bonds. The predicted octanol–water partition coefficient (Wildman–Crippen LogP) is 6.06. The van der Waals surface area contributed by atoms with Crippen molar-refractivity contribution in [2.75, 3.05) is 0 Å². The van der Waals surface area contributed by atoms with E-state index in [0.717, 1.165) is 18.8 Å². The van der Waals surface area contributed by atoms with Gasteiger partial charge in [0.15, 0.2) is 0 Å². The van der Waals surface area contributed by atoms with E-state index < -0.39 is 0 Å². The lowest BCUT2D eigenvalue weighted by atomic mass is 9.76. The summed E-state index contributed by atoms with van der Waals surface area (Å²) in [6, 6.07) is 0. The van der Waals surface area contributed by atoms with E-state index >= 15 is 0 Å². The first-order chi connectivity index (χ1) is 9.14. The quantitative estimate of drug-likeness (QED) is 0.404. The van der Waals surface area contributed by atoms with Gasteiger partial charge in [0.2, 0.25) is 0 Å². The third-order valence-corrected chi connectivity index (χ3v) is 5.03. The van der Waals surface area contributed by atoms with Gasteiger partial charge in [-0.05, 0) is 25.2 Å². The van der Waals surface area contributed by atoms with E-state index in [-0.39, 0.29) is 5.54 Å². The van der Waals surface area contributed by atoms with E-state index in [2.05, 4.69) is 27.7 Å². The first kappa shape index (κ1) is 19.0. The lowest BCUT2D eigenvalue weighted by Crippen LogP contribution is -2.45. The van der Waals surface area contributed by atoms with Gasteiger partial charge in [-0.3, -0.25) is 0 Å². The molecule has 0 aromatic carbocycles. The number of hydrogen-bond acceptors (Lipinski definition) is 1. The molecule has 0 bridgehead atoms. The SMILES string of the molecule is CCCCCCCCCCC(CC)C(N)(CC)CC. The Labute approximate surface area is 122 Å². The van der Waals surface area contributed by atoms with Crippen LogP contribution in [0.4, 0.5) is 0 Å². The fourth-order valence-corrected chi connectivity index (χ4v) is 3.25. The zero-order valence-electron chi connectivity index (χ0n) is 14.1. The zero-order chi connectivity index (χ0) is 14.6. The summed E-state index contributed by atoms with van der Waals surface area (Å²) in [5, 5.41) is 0. The second-order valence-corrected chi connectivity index (χ2v) is 6.31. The molecule has 0 saturated heterocycles. The molecule has 0 aromatic rings. The highest BCUT2D eigenvalue weighted by atomic mass is 14.7. The van der Waals surface area contributed by atoms with Crippen LogP contribution in [0.25, 0.3) is 0 Å². The first-order valence-electron chi connectivity index (χ1n) is 8.93. The maximum atomic E-state index is 6.55. The molecule has 1 heteroatoms. The summed E-state index contributed by atoms with van der Waals surface area (Å²) in [6.07, 6.45) is 16.1. The van der Waals surface area contributed by atoms with E-state index in [0.29, 0.717) is 0 Å². The van der Waals surface area contributed by atoms with Gasteiger partial charge in [0, 0.05) is 5.54 Å². The summed E-state index contributed by atoms with van der Waals surface area (Å²) in [5.74, 6) is 0.725. The van der Waals surface area contributed by atoms with Gasteiger partial charge < -0.3 is 5.73 Å². The molecule has 0 aliphatic carbocycles. The number of nitrogens with two attached hydrogens (primary N) is 1. The molecule has 0 aromatic heterocycles. The molecule has 2 N–H and O–H groups in total. The summed E-state index contributed by atoms with van der Waals surface area (Å²) in [6.45, 7) is 9.09. The Balaban J connectivity index is 3.67. The van der Waals surface area contributed by atoms with E-state index in [4.69, 9.17) is 5.73 Å². The number of hydrogen-bond donors (Lipinski definition) is 1. The van der Waals surface area contributed by atoms with Crippen LogP contribution in [0.5, 0.6) is 0 Å². The highest BCUT2D eigenvalue weighted by molar-refractivity contribution is 4.88. The van der Waals surface area contributed by atoms with Crippen LogP contribution in [0.1, 0.15) is 105 Å². The minimum absolute atomic E-state index is 0.0931. The largest absolute Gasteiger partial charge is 0.325 e. The Morgan fingerprint density at radius 1 is 0.737 bits per heavy atom. The minimum Gasteiger partial charge on any atom is -0.325 e. The van der Waals surface area contributed by atoms with Crippen LogP contribution >= 0.6 is 0 Å². The van der Waals surface area contributed by atoms with Crippen LogP contribution in [-0.2, 0) is 0 Å². The van der Waals surface area contributed by atoms with Crippen molar-refractivity contribution in [2.24, 2.45) is 11.7 Å². The molecule has 1 unspecified atom stereocenters. The average molecular weight is 270 g/mol. The maximum absolute atomic E-state index is 6.55. The molecular formula is C18H39N. The average Bonchev–Trinajstić information content (AvgIpc) is 2.45. The molecule has 1 nitrogen and oxygen atoms in total. The zero-order valence-corrected chi connectivity index (χ0v) is 14.1. The monoisotopic (exact) mass is 269 g/mol. The second kappa shape index (κ2) is 11.8. The van der Waals surface area contributed by atoms with Crippen molar-refractivity contribution in [2.45, 2.75) is 110 Å². The van der Waals surface area contributed by atoms with Crippen LogP contribution in [0.2, 0.25) is 0 Å². The summed E-state index contributed by atoms with van der Waals surface area (Å²) in [7, 11) is 0. The van der Waals surface area contributed by atoms with Gasteiger partial charge in [-0.1, -0.05) is 85.5 Å². The summed E-state index contributed by atoms with van der Waals surface area (Å²) in [5.41, 5.74) is 6.64. The minimum atomic E-state index is 0.0931. The Morgan fingerprint density at radius 3 is 1.63 bits per heavy atom. The second-order valence-electron chi connectivity index (χ2n) is 6.31. The van der Waals surface area contributed by atoms with E-state index in [9.17, 15) is 0 Å². The van der Waals surface area contributed by atoms with Gasteiger partial charge in [-0.15, -0.1) is 0 Å². The highest BCUT2D eigenvalue weighted by Gasteiger charge is 2.29. The molecule has 116 valence electrons. The molecular weight excluding hydrogens is 230 g/mol. The Morgan fingerprint density at radius 2 is 1.21 bits per heavy atom. The fraction of sp³-hybridized carbons (Fsp3) is 1.00. The maximum Gasteiger partial charge on any atom is 0.0177 e. The molecule has 19 heavy (non-hydrogen) atoms. The smallest absolute Gasteiger partial charge is 0.0177 e. The van der Waals surface area contributed by atoms with Gasteiger partial charge in [-0.25, -0.2) is 0 Å². The standard InChI is InChI=1S/C18H39N/c1-5-9-10-11-12-13-14-15-16-17(6-2)18(19,7-3)8-4/h17H,5-16,19H2,1-4H3. The van der Waals surface area contributed by atoms with Crippen LogP contribution < -0.4 is 5.73 Å². The molecule has 0 aliphatic rings. The lowest BCUT2D eigenvalue weighted by Gasteiger charge is -2.36. The summed E-state index contributed by atoms with van der Waals surface area (Å²) in [4.78, 5) is 0. The Hall–Kier alpha value is -0.0400. The van der Waals surface area contributed by atoms with Crippen LogP contribution in [-0.4, -0.2) is 5.54 Å². The third kappa shape index (κ3) is 7.97. The Bertz CT molecular complexity index is 184. The molecule has 0 saturated carbocycles. The van der Waals surface area contributed by atoms with E-state index in [1.807, 2.05) is 0 Å². The van der Waals surface area contributed by atoms with Crippen molar-refractivity contribution < 1.29 is 0 Å². The topological polar surface area (TPSA) is 26.0 Å².